The van der Waals surface area contributed by atoms with Gasteiger partial charge < -0.3 is 9.47 Å². The van der Waals surface area contributed by atoms with Crippen LogP contribution in [0.1, 0.15) is 46.0 Å². The summed E-state index contributed by atoms with van der Waals surface area (Å²) in [5, 5.41) is -0.692. The third kappa shape index (κ3) is 1.70. The molecule has 0 aromatic carbocycles. The Morgan fingerprint density at radius 1 is 1.19 bits per heavy atom. The maximum absolute atomic E-state index is 11.7. The van der Waals surface area contributed by atoms with Crippen LogP contribution in [0.3, 0.4) is 0 Å². The van der Waals surface area contributed by atoms with Crippen molar-refractivity contribution < 1.29 is 22.4 Å². The first-order valence-corrected chi connectivity index (χ1v) is 9.45. The average Bonchev–Trinajstić information content (AvgIpc) is 2.99. The largest absolute Gasteiger partial charge is 0.347 e. The number of ether oxygens (including phenoxy) is 2. The Hall–Kier alpha value is -0.170. The molecule has 5 aliphatic rings. The molecule has 1 N–H and O–H groups in total. The highest BCUT2D eigenvalue weighted by atomic mass is 32.2. The Bertz CT molecular complexity index is 567. The van der Waals surface area contributed by atoms with Crippen LogP contribution in [0.4, 0.5) is 0 Å². The fraction of sp³-hybridized carbons (Fsp3) is 1.00. The monoisotopic (exact) mass is 316 g/mol. The van der Waals surface area contributed by atoms with E-state index in [9.17, 15) is 13.0 Å². The van der Waals surface area contributed by atoms with Gasteiger partial charge in [0.15, 0.2) is 5.79 Å². The van der Waals surface area contributed by atoms with Crippen molar-refractivity contribution in [3.05, 3.63) is 0 Å². The molecular weight excluding hydrogens is 292 g/mol. The van der Waals surface area contributed by atoms with Gasteiger partial charge >= 0.3 is 0 Å². The quantitative estimate of drug-likeness (QED) is 0.808. The number of rotatable bonds is 3. The number of hydrogen-bond acceptors (Lipinski definition) is 4. The molecule has 0 radical (unpaired) electrons. The first kappa shape index (κ1) is 14.4. The second-order valence-corrected chi connectivity index (χ2v) is 9.64. The molecule has 0 spiro atoms. The van der Waals surface area contributed by atoms with Gasteiger partial charge in [-0.3, -0.25) is 4.55 Å². The summed E-state index contributed by atoms with van der Waals surface area (Å²) in [7, 11) is -4.00. The van der Waals surface area contributed by atoms with E-state index in [1.807, 2.05) is 6.92 Å². The molecule has 5 atom stereocenters. The minimum atomic E-state index is -4.00. The van der Waals surface area contributed by atoms with Gasteiger partial charge in [0.1, 0.15) is 0 Å². The molecule has 0 aromatic heterocycles. The minimum Gasteiger partial charge on any atom is -0.347 e. The predicted octanol–water partition coefficient (Wildman–Crippen LogP) is 2.22. The molecule has 1 aliphatic heterocycles. The Morgan fingerprint density at radius 2 is 1.86 bits per heavy atom. The fourth-order valence-electron chi connectivity index (χ4n) is 6.28. The maximum atomic E-state index is 11.7. The van der Waals surface area contributed by atoms with Crippen LogP contribution in [0, 0.1) is 22.7 Å². The van der Waals surface area contributed by atoms with Crippen molar-refractivity contribution in [2.45, 2.75) is 57.0 Å². The summed E-state index contributed by atoms with van der Waals surface area (Å²) in [6, 6.07) is 0. The van der Waals surface area contributed by atoms with E-state index < -0.39 is 21.2 Å². The molecule has 4 aliphatic carbocycles. The van der Waals surface area contributed by atoms with Crippen LogP contribution in [-0.4, -0.2) is 37.2 Å². The van der Waals surface area contributed by atoms with Crippen LogP contribution < -0.4 is 0 Å². The summed E-state index contributed by atoms with van der Waals surface area (Å²) in [4.78, 5) is 0. The van der Waals surface area contributed by atoms with Crippen molar-refractivity contribution in [3.63, 3.8) is 0 Å². The highest BCUT2D eigenvalue weighted by molar-refractivity contribution is 7.86. The topological polar surface area (TPSA) is 72.8 Å². The summed E-state index contributed by atoms with van der Waals surface area (Å²) in [5.41, 5.74) is -0.358. The zero-order valence-electron chi connectivity index (χ0n) is 12.7. The fourth-order valence-corrected chi connectivity index (χ4v) is 7.18. The summed E-state index contributed by atoms with van der Waals surface area (Å²) < 4.78 is 45.0. The molecular formula is C15H24O5S. The van der Waals surface area contributed by atoms with Crippen molar-refractivity contribution >= 4 is 10.1 Å². The summed E-state index contributed by atoms with van der Waals surface area (Å²) in [5.74, 6) is 0.433. The molecule has 5 unspecified atom stereocenters. The molecule has 1 saturated heterocycles. The van der Waals surface area contributed by atoms with E-state index in [4.69, 9.17) is 9.47 Å². The van der Waals surface area contributed by atoms with E-state index in [0.717, 1.165) is 32.1 Å². The van der Waals surface area contributed by atoms with Crippen molar-refractivity contribution in [3.8, 4) is 0 Å². The lowest BCUT2D eigenvalue weighted by Gasteiger charge is -2.48. The van der Waals surface area contributed by atoms with E-state index in [2.05, 4.69) is 0 Å². The molecule has 5 nitrogen and oxygen atoms in total. The molecule has 1 heterocycles. The molecule has 5 fully saturated rings. The van der Waals surface area contributed by atoms with Crippen LogP contribution in [0.2, 0.25) is 0 Å². The normalized spacial score (nSPS) is 48.9. The highest BCUT2D eigenvalue weighted by Gasteiger charge is 2.73. The molecule has 6 heteroatoms. The lowest BCUT2D eigenvalue weighted by Crippen LogP contribution is -2.50. The second-order valence-electron chi connectivity index (χ2n) is 7.91. The Kier molecular flexibility index (Phi) is 2.76. The van der Waals surface area contributed by atoms with Gasteiger partial charge in [-0.15, -0.1) is 0 Å². The van der Waals surface area contributed by atoms with Gasteiger partial charge in [-0.2, -0.15) is 8.42 Å². The van der Waals surface area contributed by atoms with Crippen molar-refractivity contribution in [2.24, 2.45) is 22.7 Å². The van der Waals surface area contributed by atoms with Gasteiger partial charge in [-0.1, -0.05) is 0 Å². The van der Waals surface area contributed by atoms with Crippen LogP contribution >= 0.6 is 0 Å². The molecule has 4 bridgehead atoms. The Morgan fingerprint density at radius 3 is 2.48 bits per heavy atom. The highest BCUT2D eigenvalue weighted by Crippen LogP contribution is 2.75. The standard InChI is InChI=1S/C15H24O5S/c1-10(21(16,17)18)14-6-11-5-12(8-14)15(7-11,9-14)13(2)19-3-4-20-13/h10-12H,3-9H2,1-2H3,(H,16,17,18). The molecule has 5 rings (SSSR count). The van der Waals surface area contributed by atoms with Crippen LogP contribution in [-0.2, 0) is 19.6 Å². The molecule has 0 aromatic rings. The Labute approximate surface area is 126 Å². The summed E-state index contributed by atoms with van der Waals surface area (Å²) in [6.07, 6.45) is 4.84. The lowest BCUT2D eigenvalue weighted by molar-refractivity contribution is -0.237. The lowest BCUT2D eigenvalue weighted by atomic mass is 9.63. The van der Waals surface area contributed by atoms with Gasteiger partial charge in [0.25, 0.3) is 10.1 Å². The second kappa shape index (κ2) is 4.02. The van der Waals surface area contributed by atoms with Gasteiger partial charge in [0, 0.05) is 5.41 Å². The molecule has 21 heavy (non-hydrogen) atoms. The van der Waals surface area contributed by atoms with E-state index in [0.29, 0.717) is 25.0 Å². The molecule has 4 saturated carbocycles. The van der Waals surface area contributed by atoms with E-state index in [1.165, 1.54) is 0 Å². The minimum absolute atomic E-state index is 0.0641. The average molecular weight is 316 g/mol. The smallest absolute Gasteiger partial charge is 0.268 e. The predicted molar refractivity (Wildman–Crippen MR) is 76.3 cm³/mol. The SMILES string of the molecule is CC(C12CC3CC(C1)C(C1(C)OCCO1)(C3)C2)S(=O)(=O)O. The molecule has 0 amide bonds. The summed E-state index contributed by atoms with van der Waals surface area (Å²) >= 11 is 0. The zero-order chi connectivity index (χ0) is 15.1. The van der Waals surface area contributed by atoms with Crippen LogP contribution in [0.15, 0.2) is 0 Å². The van der Waals surface area contributed by atoms with Gasteiger partial charge in [0.05, 0.1) is 18.5 Å². The summed E-state index contributed by atoms with van der Waals surface area (Å²) in [6.45, 7) is 4.96. The van der Waals surface area contributed by atoms with Crippen LogP contribution in [0.5, 0.6) is 0 Å². The van der Waals surface area contributed by atoms with E-state index in [1.54, 1.807) is 6.92 Å². The Balaban J connectivity index is 1.75. The zero-order valence-corrected chi connectivity index (χ0v) is 13.5. The van der Waals surface area contributed by atoms with Crippen LogP contribution in [0.25, 0.3) is 0 Å². The van der Waals surface area contributed by atoms with E-state index >= 15 is 0 Å². The first-order chi connectivity index (χ1) is 9.71. The van der Waals surface area contributed by atoms with Gasteiger partial charge in [-0.05, 0) is 63.2 Å². The van der Waals surface area contributed by atoms with E-state index in [-0.39, 0.29) is 10.8 Å². The van der Waals surface area contributed by atoms with Gasteiger partial charge in [0.2, 0.25) is 0 Å². The molecule has 120 valence electrons. The first-order valence-electron chi connectivity index (χ1n) is 7.95. The van der Waals surface area contributed by atoms with Gasteiger partial charge in [-0.25, -0.2) is 0 Å². The third-order valence-electron chi connectivity index (χ3n) is 7.12. The third-order valence-corrected chi connectivity index (χ3v) is 8.51. The van der Waals surface area contributed by atoms with Crippen molar-refractivity contribution in [1.29, 1.82) is 0 Å². The number of hydrogen-bond donors (Lipinski definition) is 1. The van der Waals surface area contributed by atoms with Crippen molar-refractivity contribution in [1.82, 2.24) is 0 Å². The maximum Gasteiger partial charge on any atom is 0.268 e. The van der Waals surface area contributed by atoms with Crippen molar-refractivity contribution in [2.75, 3.05) is 13.2 Å².